The van der Waals surface area contributed by atoms with E-state index in [0.717, 1.165) is 35.1 Å². The van der Waals surface area contributed by atoms with Crippen LogP contribution in [0.25, 0.3) is 0 Å². The second-order valence-electron chi connectivity index (χ2n) is 12.5. The molecule has 1 atom stereocenters. The maximum Gasteiger partial charge on any atom is 0.244 e. The highest BCUT2D eigenvalue weighted by Gasteiger charge is 2.51. The lowest BCUT2D eigenvalue weighted by Crippen LogP contribution is -2.51. The molecule has 6 rings (SSSR count). The molecule has 0 aliphatic heterocycles. The van der Waals surface area contributed by atoms with Crippen molar-refractivity contribution in [1.29, 1.82) is 0 Å². The second-order valence-corrected chi connectivity index (χ2v) is 14.4. The largest absolute Gasteiger partial charge is 0.355 e. The molecule has 4 aliphatic carbocycles. The molecule has 2 amide bonds. The molecule has 40 heavy (non-hydrogen) atoms. The fourth-order valence-electron chi connectivity index (χ4n) is 7.93. The predicted molar refractivity (Wildman–Crippen MR) is 158 cm³/mol. The van der Waals surface area contributed by atoms with Crippen molar-refractivity contribution >= 4 is 27.5 Å². The fourth-order valence-corrected chi connectivity index (χ4v) is 8.78. The molecule has 0 saturated heterocycles. The van der Waals surface area contributed by atoms with E-state index in [1.807, 2.05) is 50.2 Å². The first-order valence-corrected chi connectivity index (χ1v) is 16.5. The van der Waals surface area contributed by atoms with E-state index < -0.39 is 22.0 Å². The van der Waals surface area contributed by atoms with Crippen LogP contribution in [0.3, 0.4) is 0 Å². The lowest BCUT2D eigenvalue weighted by atomic mass is 9.48. The van der Waals surface area contributed by atoms with Crippen molar-refractivity contribution in [3.05, 3.63) is 65.2 Å². The van der Waals surface area contributed by atoms with Gasteiger partial charge in [-0.05, 0) is 111 Å². The van der Waals surface area contributed by atoms with Crippen LogP contribution in [0.1, 0.15) is 69.1 Å². The van der Waals surface area contributed by atoms with Gasteiger partial charge in [-0.25, -0.2) is 8.42 Å². The summed E-state index contributed by atoms with van der Waals surface area (Å²) in [5, 5.41) is 2.79. The van der Waals surface area contributed by atoms with E-state index in [1.54, 1.807) is 6.92 Å². The number of hydrogen-bond acceptors (Lipinski definition) is 4. The SMILES string of the molecule is CCNC(=O)C(C)N(Cc1ccccc1C)C(=O)CN(c1ccc(C23CC4CC(CC(C4)C2)C3)cc1)S(C)(=O)=O. The molecule has 0 radical (unpaired) electrons. The summed E-state index contributed by atoms with van der Waals surface area (Å²) in [5.41, 5.74) is 3.92. The number of amides is 2. The van der Waals surface area contributed by atoms with Gasteiger partial charge in [0.25, 0.3) is 0 Å². The molecule has 1 N–H and O–H groups in total. The van der Waals surface area contributed by atoms with E-state index in [4.69, 9.17) is 0 Å². The lowest BCUT2D eigenvalue weighted by molar-refractivity contribution is -0.139. The van der Waals surface area contributed by atoms with Gasteiger partial charge in [-0.1, -0.05) is 36.4 Å². The van der Waals surface area contributed by atoms with Gasteiger partial charge in [0.05, 0.1) is 11.9 Å². The summed E-state index contributed by atoms with van der Waals surface area (Å²) < 4.78 is 27.2. The zero-order valence-corrected chi connectivity index (χ0v) is 25.0. The lowest BCUT2D eigenvalue weighted by Gasteiger charge is -2.57. The Kier molecular flexibility index (Phi) is 8.01. The Balaban J connectivity index is 1.39. The minimum atomic E-state index is -3.76. The van der Waals surface area contributed by atoms with E-state index in [9.17, 15) is 18.0 Å². The molecule has 1 unspecified atom stereocenters. The average molecular weight is 566 g/mol. The number of likely N-dealkylation sites (N-methyl/N-ethyl adjacent to an activating group) is 1. The third-order valence-corrected chi connectivity index (χ3v) is 10.7. The summed E-state index contributed by atoms with van der Waals surface area (Å²) in [5.74, 6) is 1.78. The molecule has 4 bridgehead atoms. The summed E-state index contributed by atoms with van der Waals surface area (Å²) in [4.78, 5) is 28.0. The molecule has 7 nitrogen and oxygen atoms in total. The molecule has 0 aromatic heterocycles. The number of anilines is 1. The van der Waals surface area contributed by atoms with Crippen molar-refractivity contribution < 1.29 is 18.0 Å². The van der Waals surface area contributed by atoms with Crippen molar-refractivity contribution in [2.24, 2.45) is 17.8 Å². The number of sulfonamides is 1. The van der Waals surface area contributed by atoms with Crippen molar-refractivity contribution in [1.82, 2.24) is 10.2 Å². The number of rotatable bonds is 10. The average Bonchev–Trinajstić information content (AvgIpc) is 2.89. The van der Waals surface area contributed by atoms with Crippen LogP contribution < -0.4 is 9.62 Å². The molecule has 0 spiro atoms. The van der Waals surface area contributed by atoms with Crippen LogP contribution in [-0.2, 0) is 31.6 Å². The molecule has 2 aromatic carbocycles. The Bertz CT molecular complexity index is 1320. The third kappa shape index (κ3) is 5.78. The highest BCUT2D eigenvalue weighted by molar-refractivity contribution is 7.92. The molecule has 2 aromatic rings. The fraction of sp³-hybridized carbons (Fsp3) is 0.562. The Morgan fingerprint density at radius 1 is 0.975 bits per heavy atom. The first kappa shape index (κ1) is 28.7. The predicted octanol–water partition coefficient (Wildman–Crippen LogP) is 4.78. The van der Waals surface area contributed by atoms with Gasteiger partial charge in [-0.15, -0.1) is 0 Å². The van der Waals surface area contributed by atoms with Crippen molar-refractivity contribution in [3.63, 3.8) is 0 Å². The zero-order chi connectivity index (χ0) is 28.7. The maximum atomic E-state index is 13.8. The van der Waals surface area contributed by atoms with Crippen LogP contribution in [0, 0.1) is 24.7 Å². The highest BCUT2D eigenvalue weighted by Crippen LogP contribution is 2.60. The van der Waals surface area contributed by atoms with Gasteiger partial charge in [0, 0.05) is 13.1 Å². The monoisotopic (exact) mass is 565 g/mol. The first-order chi connectivity index (χ1) is 19.0. The van der Waals surface area contributed by atoms with E-state index in [2.05, 4.69) is 17.4 Å². The van der Waals surface area contributed by atoms with Crippen LogP contribution in [0.2, 0.25) is 0 Å². The number of nitrogens with one attached hydrogen (secondary N) is 1. The summed E-state index contributed by atoms with van der Waals surface area (Å²) in [6, 6.07) is 14.9. The van der Waals surface area contributed by atoms with Crippen LogP contribution >= 0.6 is 0 Å². The van der Waals surface area contributed by atoms with Crippen molar-refractivity contribution in [3.8, 4) is 0 Å². The molecule has 0 heterocycles. The summed E-state index contributed by atoms with van der Waals surface area (Å²) in [7, 11) is -3.76. The number of aryl methyl sites for hydroxylation is 1. The standard InChI is InChI=1S/C32H43N3O4S/c1-5-33-31(37)23(3)34(20-27-9-7-6-8-22(27)2)30(36)21-35(40(4,38)39)29-12-10-28(11-13-29)32-17-24-14-25(18-32)16-26(15-24)19-32/h6-13,23-26H,5,14-21H2,1-4H3,(H,33,37). The normalized spacial score (nSPS) is 25.9. The quantitative estimate of drug-likeness (QED) is 0.449. The Morgan fingerprint density at radius 2 is 1.55 bits per heavy atom. The number of carbonyl (C=O) groups excluding carboxylic acids is 2. The Labute approximate surface area is 239 Å². The molecule has 4 saturated carbocycles. The number of nitrogens with zero attached hydrogens (tertiary/aromatic N) is 2. The summed E-state index contributed by atoms with van der Waals surface area (Å²) in [6.45, 7) is 5.77. The number of benzene rings is 2. The third-order valence-electron chi connectivity index (χ3n) is 9.61. The number of carbonyl (C=O) groups is 2. The van der Waals surface area contributed by atoms with E-state index in [1.165, 1.54) is 53.3 Å². The van der Waals surface area contributed by atoms with Crippen LogP contribution in [0.5, 0.6) is 0 Å². The first-order valence-electron chi connectivity index (χ1n) is 14.7. The van der Waals surface area contributed by atoms with Gasteiger partial charge < -0.3 is 10.2 Å². The van der Waals surface area contributed by atoms with E-state index >= 15 is 0 Å². The Morgan fingerprint density at radius 3 is 2.08 bits per heavy atom. The van der Waals surface area contributed by atoms with Gasteiger partial charge in [0.15, 0.2) is 0 Å². The Hall–Kier alpha value is -2.87. The van der Waals surface area contributed by atoms with Crippen molar-refractivity contribution in [2.45, 2.75) is 77.3 Å². The molecule has 4 fully saturated rings. The number of hydrogen-bond donors (Lipinski definition) is 1. The van der Waals surface area contributed by atoms with Crippen LogP contribution in [-0.4, -0.2) is 50.5 Å². The van der Waals surface area contributed by atoms with Crippen molar-refractivity contribution in [2.75, 3.05) is 23.7 Å². The zero-order valence-electron chi connectivity index (χ0n) is 24.2. The highest BCUT2D eigenvalue weighted by atomic mass is 32.2. The summed E-state index contributed by atoms with van der Waals surface area (Å²) in [6.07, 6.45) is 8.94. The minimum Gasteiger partial charge on any atom is -0.355 e. The molecular formula is C32H43N3O4S. The molecule has 216 valence electrons. The van der Waals surface area contributed by atoms with Gasteiger partial charge in [0.2, 0.25) is 21.8 Å². The molecule has 8 heteroatoms. The topological polar surface area (TPSA) is 86.8 Å². The van der Waals surface area contributed by atoms with E-state index in [0.29, 0.717) is 12.2 Å². The second kappa shape index (κ2) is 11.2. The maximum absolute atomic E-state index is 13.8. The van der Waals surface area contributed by atoms with Gasteiger partial charge in [-0.2, -0.15) is 0 Å². The smallest absolute Gasteiger partial charge is 0.244 e. The van der Waals surface area contributed by atoms with Gasteiger partial charge in [0.1, 0.15) is 12.6 Å². The summed E-state index contributed by atoms with van der Waals surface area (Å²) >= 11 is 0. The van der Waals surface area contributed by atoms with Gasteiger partial charge in [-0.3, -0.25) is 13.9 Å². The minimum absolute atomic E-state index is 0.214. The van der Waals surface area contributed by atoms with Gasteiger partial charge >= 0.3 is 0 Å². The van der Waals surface area contributed by atoms with E-state index in [-0.39, 0.29) is 24.4 Å². The molecular weight excluding hydrogens is 522 g/mol. The molecule has 4 aliphatic rings. The van der Waals surface area contributed by atoms with Crippen LogP contribution in [0.4, 0.5) is 5.69 Å². The van der Waals surface area contributed by atoms with Crippen LogP contribution in [0.15, 0.2) is 48.5 Å².